The fraction of sp³-hybridized carbons (Fsp3) is 0. The standard InChI is InChI=1S/BF4.4H2O.Zn/c2-1(3,4)5;;;;;/h;4*1H2;/q-1;;;;;. The van der Waals surface area contributed by atoms with E-state index in [4.69, 9.17) is 0 Å². The summed E-state index contributed by atoms with van der Waals surface area (Å²) in [5.41, 5.74) is 0. The Morgan fingerprint density at radius 2 is 0.600 bits per heavy atom. The molecule has 0 aliphatic carbocycles. The van der Waals surface area contributed by atoms with Crippen molar-refractivity contribution in [1.82, 2.24) is 0 Å². The number of rotatable bonds is 0. The summed E-state index contributed by atoms with van der Waals surface area (Å²) in [4.78, 5) is 0. The van der Waals surface area contributed by atoms with Gasteiger partial charge in [0.25, 0.3) is 0 Å². The number of hydrogen-bond acceptors (Lipinski definition) is 0. The summed E-state index contributed by atoms with van der Waals surface area (Å²) in [6, 6.07) is 0. The predicted molar refractivity (Wildman–Crippen MR) is 24.6 cm³/mol. The van der Waals surface area contributed by atoms with E-state index in [1.54, 1.807) is 0 Å². The first kappa shape index (κ1) is 48.6. The molecule has 0 atom stereocenters. The van der Waals surface area contributed by atoms with E-state index in [0.29, 0.717) is 0 Å². The first-order valence-electron chi connectivity index (χ1n) is 0.873. The molecule has 8 N–H and O–H groups in total. The Balaban J connectivity index is -0.00000000800. The van der Waals surface area contributed by atoms with Gasteiger partial charge in [0.05, 0.1) is 0 Å². The quantitative estimate of drug-likeness (QED) is 0.333. The molecular weight excluding hydrogens is 216 g/mol. The fourth-order valence-electron chi connectivity index (χ4n) is 0. The third-order valence-corrected chi connectivity index (χ3v) is 0. The van der Waals surface area contributed by atoms with Gasteiger partial charge in [0.1, 0.15) is 0 Å². The minimum atomic E-state index is -6.00. The van der Waals surface area contributed by atoms with Crippen molar-refractivity contribution in [2.75, 3.05) is 0 Å². The number of halogens is 4. The van der Waals surface area contributed by atoms with Gasteiger partial charge in [0.2, 0.25) is 0 Å². The van der Waals surface area contributed by atoms with Crippen molar-refractivity contribution in [1.29, 1.82) is 0 Å². The smallest absolute Gasteiger partial charge is 0.418 e. The Morgan fingerprint density at radius 1 is 0.600 bits per heavy atom. The molecule has 0 heterocycles. The molecule has 0 aromatic heterocycles. The van der Waals surface area contributed by atoms with Crippen molar-refractivity contribution in [3.05, 3.63) is 0 Å². The third-order valence-electron chi connectivity index (χ3n) is 0. The summed E-state index contributed by atoms with van der Waals surface area (Å²) in [5.74, 6) is 0. The maximum atomic E-state index is 9.75. The van der Waals surface area contributed by atoms with Crippen LogP contribution in [0.25, 0.3) is 0 Å². The van der Waals surface area contributed by atoms with Crippen molar-refractivity contribution in [2.45, 2.75) is 0 Å². The van der Waals surface area contributed by atoms with Crippen molar-refractivity contribution < 1.29 is 58.6 Å². The Kier molecular flexibility index (Phi) is 78.3. The predicted octanol–water partition coefficient (Wildman–Crippen LogP) is -2.00. The first-order valence-corrected chi connectivity index (χ1v) is 0.873. The van der Waals surface area contributed by atoms with Gasteiger partial charge >= 0.3 is 7.25 Å². The molecule has 0 spiro atoms. The van der Waals surface area contributed by atoms with Crippen molar-refractivity contribution in [2.24, 2.45) is 0 Å². The molecule has 66 valence electrons. The van der Waals surface area contributed by atoms with Gasteiger partial charge in [-0.3, -0.25) is 0 Å². The van der Waals surface area contributed by atoms with Gasteiger partial charge in [-0.15, -0.1) is 0 Å². The van der Waals surface area contributed by atoms with Crippen LogP contribution in [-0.4, -0.2) is 29.2 Å². The van der Waals surface area contributed by atoms with Gasteiger partial charge in [-0.1, -0.05) is 0 Å². The van der Waals surface area contributed by atoms with Gasteiger partial charge in [-0.25, -0.2) is 0 Å². The second-order valence-corrected chi connectivity index (χ2v) is 0.495. The molecule has 0 saturated carbocycles. The summed E-state index contributed by atoms with van der Waals surface area (Å²) >= 11 is 0. The van der Waals surface area contributed by atoms with E-state index in [0.717, 1.165) is 0 Å². The molecule has 0 aromatic carbocycles. The molecule has 0 amide bonds. The van der Waals surface area contributed by atoms with E-state index < -0.39 is 7.25 Å². The summed E-state index contributed by atoms with van der Waals surface area (Å²) in [6.45, 7) is 0. The van der Waals surface area contributed by atoms with Crippen LogP contribution in [0.3, 0.4) is 0 Å². The van der Waals surface area contributed by atoms with E-state index in [9.17, 15) is 17.3 Å². The Labute approximate surface area is 66.7 Å². The number of hydrogen-bond donors (Lipinski definition) is 0. The van der Waals surface area contributed by atoms with Crippen LogP contribution < -0.4 is 0 Å². The van der Waals surface area contributed by atoms with Crippen LogP contribution in [0.2, 0.25) is 0 Å². The van der Waals surface area contributed by atoms with Crippen LogP contribution in [0.1, 0.15) is 0 Å². The van der Waals surface area contributed by atoms with Crippen LogP contribution in [0.5, 0.6) is 0 Å². The summed E-state index contributed by atoms with van der Waals surface area (Å²) < 4.78 is 39.0. The van der Waals surface area contributed by atoms with Gasteiger partial charge in [0, 0.05) is 19.5 Å². The monoisotopic (exact) mass is 223 g/mol. The molecule has 10 heteroatoms. The second kappa shape index (κ2) is 16.1. The van der Waals surface area contributed by atoms with Gasteiger partial charge in [-0.2, -0.15) is 0 Å². The molecule has 0 rings (SSSR count). The van der Waals surface area contributed by atoms with E-state index in [2.05, 4.69) is 0 Å². The van der Waals surface area contributed by atoms with Crippen molar-refractivity contribution in [3.63, 3.8) is 0 Å². The minimum absolute atomic E-state index is 0. The molecule has 0 aromatic rings. The molecule has 4 nitrogen and oxygen atoms in total. The van der Waals surface area contributed by atoms with E-state index in [-0.39, 0.29) is 41.4 Å². The Morgan fingerprint density at radius 3 is 0.600 bits per heavy atom. The normalized spacial score (nSPS) is 6.00. The van der Waals surface area contributed by atoms with Gasteiger partial charge in [-0.05, 0) is 0 Å². The Hall–Kier alpha value is 0.248. The minimum Gasteiger partial charge on any atom is -0.418 e. The molecule has 0 bridgehead atoms. The molecule has 0 radical (unpaired) electrons. The van der Waals surface area contributed by atoms with E-state index >= 15 is 0 Å². The largest absolute Gasteiger partial charge is 0.673 e. The molecule has 10 heavy (non-hydrogen) atoms. The topological polar surface area (TPSA) is 126 Å². The first-order chi connectivity index (χ1) is 2.00. The van der Waals surface area contributed by atoms with E-state index in [1.807, 2.05) is 0 Å². The van der Waals surface area contributed by atoms with Crippen LogP contribution >= 0.6 is 0 Å². The molecular formula is H8BF4O4Zn-. The SMILES string of the molecule is F[B-](F)(F)F.O.O.O.O.[Zn]. The summed E-state index contributed by atoms with van der Waals surface area (Å²) in [6.07, 6.45) is 0. The zero-order chi connectivity index (χ0) is 4.50. The Bertz CT molecular complexity index is 32.7. The molecule has 0 aliphatic rings. The van der Waals surface area contributed by atoms with Crippen LogP contribution in [0, 0.1) is 0 Å². The van der Waals surface area contributed by atoms with Gasteiger partial charge in [0.15, 0.2) is 0 Å². The average Bonchev–Trinajstić information content (AvgIpc) is 0.722. The maximum Gasteiger partial charge on any atom is 0.673 e. The molecule has 0 fully saturated rings. The second-order valence-electron chi connectivity index (χ2n) is 0.495. The average molecular weight is 224 g/mol. The summed E-state index contributed by atoms with van der Waals surface area (Å²) in [5, 5.41) is 0. The zero-order valence-corrected chi connectivity index (χ0v) is 7.76. The molecule has 0 saturated heterocycles. The summed E-state index contributed by atoms with van der Waals surface area (Å²) in [7, 11) is -6.00. The van der Waals surface area contributed by atoms with Crippen molar-refractivity contribution in [3.8, 4) is 0 Å². The van der Waals surface area contributed by atoms with E-state index in [1.165, 1.54) is 0 Å². The fourth-order valence-corrected chi connectivity index (χ4v) is 0. The van der Waals surface area contributed by atoms with Crippen molar-refractivity contribution >= 4 is 7.25 Å². The molecule has 0 aliphatic heterocycles. The molecule has 0 unspecified atom stereocenters. The third kappa shape index (κ3) is 7030. The van der Waals surface area contributed by atoms with Crippen LogP contribution in [-0.2, 0) is 19.5 Å². The van der Waals surface area contributed by atoms with Crippen LogP contribution in [0.4, 0.5) is 17.3 Å². The maximum absolute atomic E-state index is 9.75. The zero-order valence-electron chi connectivity index (χ0n) is 4.80. The van der Waals surface area contributed by atoms with Crippen LogP contribution in [0.15, 0.2) is 0 Å². The van der Waals surface area contributed by atoms with Gasteiger partial charge < -0.3 is 39.2 Å².